The van der Waals surface area contributed by atoms with Gasteiger partial charge >= 0.3 is 0 Å². The zero-order valence-electron chi connectivity index (χ0n) is 7.66. The molecule has 76 valence electrons. The van der Waals surface area contributed by atoms with Crippen LogP contribution in [0, 0.1) is 5.92 Å². The molecule has 13 heavy (non-hydrogen) atoms. The summed E-state index contributed by atoms with van der Waals surface area (Å²) in [4.78, 5) is 2.35. The number of piperidine rings is 1. The first kappa shape index (κ1) is 11.0. The molecule has 1 saturated heterocycles. The maximum atomic E-state index is 11.0. The molecular formula is C8H14ClNO2S. The van der Waals surface area contributed by atoms with Gasteiger partial charge in [0.15, 0.2) is 0 Å². The molecule has 1 aliphatic rings. The van der Waals surface area contributed by atoms with Gasteiger partial charge in [-0.3, -0.25) is 0 Å². The summed E-state index contributed by atoms with van der Waals surface area (Å²) in [5, 5.41) is 0. The van der Waals surface area contributed by atoms with Gasteiger partial charge in [0.05, 0.1) is 4.91 Å². The van der Waals surface area contributed by atoms with Crippen molar-refractivity contribution in [3.05, 3.63) is 11.5 Å². The van der Waals surface area contributed by atoms with E-state index in [-0.39, 0.29) is 10.8 Å². The fourth-order valence-electron chi connectivity index (χ4n) is 1.53. The lowest BCUT2D eigenvalue weighted by atomic mass is 9.97. The molecule has 1 aliphatic heterocycles. The molecule has 0 unspecified atom stereocenters. The molecule has 0 saturated carbocycles. The minimum Gasteiger partial charge on any atom is -0.306 e. The molecule has 3 nitrogen and oxygen atoms in total. The molecule has 0 spiro atoms. The maximum absolute atomic E-state index is 11.0. The quantitative estimate of drug-likeness (QED) is 0.665. The summed E-state index contributed by atoms with van der Waals surface area (Å²) < 4.78 is 21.9. The Morgan fingerprint density at radius 1 is 1.46 bits per heavy atom. The van der Waals surface area contributed by atoms with Gasteiger partial charge in [0, 0.05) is 10.7 Å². The van der Waals surface area contributed by atoms with Gasteiger partial charge in [-0.15, -0.1) is 0 Å². The molecule has 1 rings (SSSR count). The monoisotopic (exact) mass is 223 g/mol. The van der Waals surface area contributed by atoms with E-state index in [1.807, 2.05) is 7.05 Å². The van der Waals surface area contributed by atoms with Crippen molar-refractivity contribution in [1.29, 1.82) is 0 Å². The van der Waals surface area contributed by atoms with Gasteiger partial charge in [-0.1, -0.05) is 6.58 Å². The highest BCUT2D eigenvalue weighted by atomic mass is 35.7. The molecule has 0 amide bonds. The van der Waals surface area contributed by atoms with Crippen LogP contribution in [0.3, 0.4) is 0 Å². The maximum Gasteiger partial charge on any atom is 0.257 e. The summed E-state index contributed by atoms with van der Waals surface area (Å²) in [6.45, 7) is 5.36. The smallest absolute Gasteiger partial charge is 0.257 e. The van der Waals surface area contributed by atoms with Gasteiger partial charge in [0.25, 0.3) is 9.05 Å². The molecule has 1 fully saturated rings. The highest BCUT2D eigenvalue weighted by Gasteiger charge is 2.25. The summed E-state index contributed by atoms with van der Waals surface area (Å²) in [6.07, 6.45) is 1.67. The average Bonchev–Trinajstić information content (AvgIpc) is 2.03. The lowest BCUT2D eigenvalue weighted by Crippen LogP contribution is -2.31. The standard InChI is InChI=1S/C8H14ClNO2S/c1-7(13(9,11)12)8-3-5-10(2)6-4-8/h8H,1,3-6H2,2H3. The number of allylic oxidation sites excluding steroid dienone is 1. The second kappa shape index (κ2) is 3.98. The predicted octanol–water partition coefficient (Wildman–Crippen LogP) is 1.41. The van der Waals surface area contributed by atoms with Crippen molar-refractivity contribution in [2.24, 2.45) is 5.92 Å². The third-order valence-electron chi connectivity index (χ3n) is 2.49. The Kier molecular flexibility index (Phi) is 3.38. The van der Waals surface area contributed by atoms with Gasteiger partial charge < -0.3 is 4.90 Å². The SMILES string of the molecule is C=C(C1CCN(C)CC1)S(=O)(=O)Cl. The van der Waals surface area contributed by atoms with Crippen LogP contribution < -0.4 is 0 Å². The Labute approximate surface area is 83.8 Å². The third kappa shape index (κ3) is 2.97. The van der Waals surface area contributed by atoms with Crippen LogP contribution >= 0.6 is 10.7 Å². The molecular weight excluding hydrogens is 210 g/mol. The minimum atomic E-state index is -3.56. The van der Waals surface area contributed by atoms with Crippen LogP contribution in [-0.2, 0) is 9.05 Å². The van der Waals surface area contributed by atoms with E-state index in [1.54, 1.807) is 0 Å². The van der Waals surface area contributed by atoms with E-state index in [0.717, 1.165) is 25.9 Å². The zero-order chi connectivity index (χ0) is 10.1. The van der Waals surface area contributed by atoms with Crippen LogP contribution in [0.15, 0.2) is 11.5 Å². The van der Waals surface area contributed by atoms with Crippen molar-refractivity contribution in [1.82, 2.24) is 4.90 Å². The molecule has 0 aliphatic carbocycles. The van der Waals surface area contributed by atoms with Gasteiger partial charge in [-0.05, 0) is 38.9 Å². The number of likely N-dealkylation sites (tertiary alicyclic amines) is 1. The summed E-state index contributed by atoms with van der Waals surface area (Å²) in [6, 6.07) is 0. The third-order valence-corrected chi connectivity index (χ3v) is 4.04. The second-order valence-corrected chi connectivity index (χ2v) is 6.10. The normalized spacial score (nSPS) is 21.7. The molecule has 0 radical (unpaired) electrons. The number of hydrogen-bond acceptors (Lipinski definition) is 3. The fraction of sp³-hybridized carbons (Fsp3) is 0.750. The van der Waals surface area contributed by atoms with Gasteiger partial charge in [-0.25, -0.2) is 8.42 Å². The van der Waals surface area contributed by atoms with Crippen molar-refractivity contribution in [2.45, 2.75) is 12.8 Å². The van der Waals surface area contributed by atoms with Crippen molar-refractivity contribution in [3.63, 3.8) is 0 Å². The van der Waals surface area contributed by atoms with Crippen molar-refractivity contribution >= 4 is 19.7 Å². The second-order valence-electron chi connectivity index (χ2n) is 3.48. The summed E-state index contributed by atoms with van der Waals surface area (Å²) in [5.74, 6) is 0.0405. The van der Waals surface area contributed by atoms with E-state index in [9.17, 15) is 8.42 Å². The topological polar surface area (TPSA) is 37.4 Å². The molecule has 0 N–H and O–H groups in total. The molecule has 0 atom stereocenters. The van der Waals surface area contributed by atoms with Crippen LogP contribution in [0.4, 0.5) is 0 Å². The molecule has 1 heterocycles. The van der Waals surface area contributed by atoms with E-state index in [2.05, 4.69) is 11.5 Å². The van der Waals surface area contributed by atoms with Crippen LogP contribution in [0.2, 0.25) is 0 Å². The summed E-state index contributed by atoms with van der Waals surface area (Å²) >= 11 is 0. The molecule has 0 bridgehead atoms. The van der Waals surface area contributed by atoms with Crippen molar-refractivity contribution in [3.8, 4) is 0 Å². The first-order valence-corrected chi connectivity index (χ1v) is 6.54. The lowest BCUT2D eigenvalue weighted by Gasteiger charge is -2.28. The van der Waals surface area contributed by atoms with E-state index in [1.165, 1.54) is 0 Å². The van der Waals surface area contributed by atoms with Crippen LogP contribution in [-0.4, -0.2) is 33.5 Å². The first-order valence-electron chi connectivity index (χ1n) is 4.23. The van der Waals surface area contributed by atoms with Gasteiger partial charge in [0.1, 0.15) is 0 Å². The Bertz CT molecular complexity index is 291. The zero-order valence-corrected chi connectivity index (χ0v) is 9.24. The van der Waals surface area contributed by atoms with Gasteiger partial charge in [-0.2, -0.15) is 0 Å². The molecule has 5 heteroatoms. The fourth-order valence-corrected chi connectivity index (χ4v) is 2.54. The Hall–Kier alpha value is -0.0600. The van der Waals surface area contributed by atoms with Crippen LogP contribution in [0.25, 0.3) is 0 Å². The van der Waals surface area contributed by atoms with E-state index in [4.69, 9.17) is 10.7 Å². The summed E-state index contributed by atoms with van der Waals surface area (Å²) in [5.41, 5.74) is 0. The van der Waals surface area contributed by atoms with Crippen LogP contribution in [0.5, 0.6) is 0 Å². The van der Waals surface area contributed by atoms with Gasteiger partial charge in [0.2, 0.25) is 0 Å². The van der Waals surface area contributed by atoms with E-state index in [0.29, 0.717) is 0 Å². The lowest BCUT2D eigenvalue weighted by molar-refractivity contribution is 0.242. The molecule has 0 aromatic rings. The Morgan fingerprint density at radius 3 is 2.31 bits per heavy atom. The highest BCUT2D eigenvalue weighted by Crippen LogP contribution is 2.28. The van der Waals surface area contributed by atoms with Crippen LogP contribution in [0.1, 0.15) is 12.8 Å². The predicted molar refractivity (Wildman–Crippen MR) is 54.1 cm³/mol. The Balaban J connectivity index is 2.60. The highest BCUT2D eigenvalue weighted by molar-refractivity contribution is 8.16. The first-order chi connectivity index (χ1) is 5.91. The largest absolute Gasteiger partial charge is 0.306 e. The number of rotatable bonds is 2. The number of hydrogen-bond donors (Lipinski definition) is 0. The van der Waals surface area contributed by atoms with E-state index >= 15 is 0 Å². The minimum absolute atomic E-state index is 0.0405. The molecule has 0 aromatic heterocycles. The average molecular weight is 224 g/mol. The van der Waals surface area contributed by atoms with Crippen molar-refractivity contribution < 1.29 is 8.42 Å². The van der Waals surface area contributed by atoms with E-state index < -0.39 is 9.05 Å². The Morgan fingerprint density at radius 2 is 1.92 bits per heavy atom. The summed E-state index contributed by atoms with van der Waals surface area (Å²) in [7, 11) is 3.67. The van der Waals surface area contributed by atoms with Crippen molar-refractivity contribution in [2.75, 3.05) is 20.1 Å². The molecule has 0 aromatic carbocycles. The number of halogens is 1. The number of nitrogens with zero attached hydrogens (tertiary/aromatic N) is 1.